The minimum absolute atomic E-state index is 0.0780. The van der Waals surface area contributed by atoms with Crippen molar-refractivity contribution in [3.63, 3.8) is 0 Å². The standard InChI is InChI=1S/C17H15FN2O2/c1-10-16(11-3-5-12(18)6-4-11)17(20-19-10)14-8-7-13(22-2)9-15(14)21/h3-9,21H,1-2H3,(H,19,20). The van der Waals surface area contributed by atoms with E-state index in [1.165, 1.54) is 25.3 Å². The number of phenols is 1. The lowest BCUT2D eigenvalue weighted by Crippen LogP contribution is -1.87. The smallest absolute Gasteiger partial charge is 0.128 e. The van der Waals surface area contributed by atoms with Gasteiger partial charge in [0.05, 0.1) is 7.11 Å². The molecule has 2 N–H and O–H groups in total. The maximum absolute atomic E-state index is 13.1. The highest BCUT2D eigenvalue weighted by Gasteiger charge is 2.17. The number of hydrogen-bond acceptors (Lipinski definition) is 3. The molecule has 0 spiro atoms. The lowest BCUT2D eigenvalue weighted by atomic mass is 9.98. The van der Waals surface area contributed by atoms with Gasteiger partial charge in [-0.15, -0.1) is 0 Å². The van der Waals surface area contributed by atoms with Crippen molar-refractivity contribution in [1.29, 1.82) is 0 Å². The van der Waals surface area contributed by atoms with Crippen LogP contribution in [0.2, 0.25) is 0 Å². The van der Waals surface area contributed by atoms with Crippen molar-refractivity contribution in [2.24, 2.45) is 0 Å². The fourth-order valence-corrected chi connectivity index (χ4v) is 2.43. The van der Waals surface area contributed by atoms with Gasteiger partial charge in [-0.25, -0.2) is 4.39 Å². The summed E-state index contributed by atoms with van der Waals surface area (Å²) >= 11 is 0. The summed E-state index contributed by atoms with van der Waals surface area (Å²) in [4.78, 5) is 0. The highest BCUT2D eigenvalue weighted by Crippen LogP contribution is 2.38. The van der Waals surface area contributed by atoms with Gasteiger partial charge in [-0.2, -0.15) is 5.10 Å². The first kappa shape index (κ1) is 14.1. The van der Waals surface area contributed by atoms with E-state index < -0.39 is 0 Å². The van der Waals surface area contributed by atoms with Gasteiger partial charge in [0, 0.05) is 22.9 Å². The van der Waals surface area contributed by atoms with E-state index in [2.05, 4.69) is 10.2 Å². The van der Waals surface area contributed by atoms with Crippen LogP contribution < -0.4 is 4.74 Å². The molecular weight excluding hydrogens is 283 g/mol. The van der Waals surface area contributed by atoms with Crippen molar-refractivity contribution >= 4 is 0 Å². The number of hydrogen-bond donors (Lipinski definition) is 2. The molecule has 0 unspecified atom stereocenters. The summed E-state index contributed by atoms with van der Waals surface area (Å²) in [5.41, 5.74) is 3.71. The number of benzene rings is 2. The zero-order chi connectivity index (χ0) is 15.7. The molecule has 0 aliphatic heterocycles. The van der Waals surface area contributed by atoms with Gasteiger partial charge in [-0.1, -0.05) is 12.1 Å². The zero-order valence-corrected chi connectivity index (χ0v) is 12.2. The molecule has 1 heterocycles. The predicted molar refractivity (Wildman–Crippen MR) is 82.4 cm³/mol. The molecule has 2 aromatic carbocycles. The molecule has 1 aromatic heterocycles. The van der Waals surface area contributed by atoms with Crippen LogP contribution in [0.1, 0.15) is 5.69 Å². The van der Waals surface area contributed by atoms with Crippen LogP contribution >= 0.6 is 0 Å². The van der Waals surface area contributed by atoms with Gasteiger partial charge in [0.2, 0.25) is 0 Å². The van der Waals surface area contributed by atoms with Gasteiger partial charge in [0.15, 0.2) is 0 Å². The highest BCUT2D eigenvalue weighted by molar-refractivity contribution is 5.85. The van der Waals surface area contributed by atoms with Crippen LogP contribution in [0.3, 0.4) is 0 Å². The molecular formula is C17H15FN2O2. The normalized spacial score (nSPS) is 10.7. The lowest BCUT2D eigenvalue weighted by Gasteiger charge is -2.08. The van der Waals surface area contributed by atoms with E-state index in [9.17, 15) is 9.50 Å². The molecule has 0 aliphatic carbocycles. The predicted octanol–water partition coefficient (Wildman–Crippen LogP) is 3.91. The summed E-state index contributed by atoms with van der Waals surface area (Å²) < 4.78 is 18.2. The van der Waals surface area contributed by atoms with E-state index in [1.54, 1.807) is 24.3 Å². The summed E-state index contributed by atoms with van der Waals surface area (Å²) in [6.07, 6.45) is 0. The minimum Gasteiger partial charge on any atom is -0.507 e. The van der Waals surface area contributed by atoms with Crippen molar-refractivity contribution in [2.45, 2.75) is 6.92 Å². The van der Waals surface area contributed by atoms with Crippen molar-refractivity contribution < 1.29 is 14.2 Å². The second kappa shape index (κ2) is 5.52. The van der Waals surface area contributed by atoms with Crippen LogP contribution in [0.5, 0.6) is 11.5 Å². The number of rotatable bonds is 3. The topological polar surface area (TPSA) is 58.1 Å². The molecule has 0 saturated heterocycles. The first-order valence-electron chi connectivity index (χ1n) is 6.78. The molecule has 22 heavy (non-hydrogen) atoms. The average Bonchev–Trinajstić information content (AvgIpc) is 2.89. The van der Waals surface area contributed by atoms with Gasteiger partial charge >= 0.3 is 0 Å². The molecule has 0 atom stereocenters. The van der Waals surface area contributed by atoms with E-state index in [0.29, 0.717) is 17.0 Å². The monoisotopic (exact) mass is 298 g/mol. The molecule has 0 bridgehead atoms. The third-order valence-electron chi connectivity index (χ3n) is 3.54. The molecule has 4 nitrogen and oxygen atoms in total. The van der Waals surface area contributed by atoms with Crippen LogP contribution in [0, 0.1) is 12.7 Å². The number of aromatic nitrogens is 2. The van der Waals surface area contributed by atoms with Gasteiger partial charge in [-0.3, -0.25) is 5.10 Å². The number of nitrogens with zero attached hydrogens (tertiary/aromatic N) is 1. The first-order chi connectivity index (χ1) is 10.6. The SMILES string of the molecule is COc1ccc(-c2n[nH]c(C)c2-c2ccc(F)cc2)c(O)c1. The van der Waals surface area contributed by atoms with E-state index in [0.717, 1.165) is 16.8 Å². The Bertz CT molecular complexity index is 810. The van der Waals surface area contributed by atoms with Gasteiger partial charge in [-0.05, 0) is 36.8 Å². The van der Waals surface area contributed by atoms with Gasteiger partial charge in [0.1, 0.15) is 23.0 Å². The largest absolute Gasteiger partial charge is 0.507 e. The summed E-state index contributed by atoms with van der Waals surface area (Å²) in [5.74, 6) is 0.352. The average molecular weight is 298 g/mol. The Morgan fingerprint density at radius 2 is 1.86 bits per heavy atom. The second-order valence-electron chi connectivity index (χ2n) is 4.96. The Hall–Kier alpha value is -2.82. The summed E-state index contributed by atoms with van der Waals surface area (Å²) in [5, 5.41) is 17.4. The summed E-state index contributed by atoms with van der Waals surface area (Å²) in [6.45, 7) is 1.88. The number of ether oxygens (including phenoxy) is 1. The maximum Gasteiger partial charge on any atom is 0.128 e. The van der Waals surface area contributed by atoms with E-state index in [1.807, 2.05) is 6.92 Å². The van der Waals surface area contributed by atoms with Crippen molar-refractivity contribution in [3.05, 3.63) is 54.0 Å². The van der Waals surface area contributed by atoms with Crippen molar-refractivity contribution in [3.8, 4) is 33.9 Å². The zero-order valence-electron chi connectivity index (χ0n) is 12.2. The fraction of sp³-hybridized carbons (Fsp3) is 0.118. The molecule has 0 amide bonds. The fourth-order valence-electron chi connectivity index (χ4n) is 2.43. The van der Waals surface area contributed by atoms with Gasteiger partial charge in [0.25, 0.3) is 0 Å². The highest BCUT2D eigenvalue weighted by atomic mass is 19.1. The molecule has 0 radical (unpaired) electrons. The molecule has 5 heteroatoms. The molecule has 0 fully saturated rings. The number of halogens is 1. The minimum atomic E-state index is -0.293. The second-order valence-corrected chi connectivity index (χ2v) is 4.96. The quantitative estimate of drug-likeness (QED) is 0.771. The van der Waals surface area contributed by atoms with Crippen LogP contribution in [-0.2, 0) is 0 Å². The van der Waals surface area contributed by atoms with E-state index in [-0.39, 0.29) is 11.6 Å². The van der Waals surface area contributed by atoms with Crippen LogP contribution in [0.4, 0.5) is 4.39 Å². The number of aromatic hydroxyl groups is 1. The van der Waals surface area contributed by atoms with Crippen molar-refractivity contribution in [1.82, 2.24) is 10.2 Å². The molecule has 0 aliphatic rings. The summed E-state index contributed by atoms with van der Waals surface area (Å²) in [6, 6.07) is 11.2. The Morgan fingerprint density at radius 3 is 2.50 bits per heavy atom. The molecule has 0 saturated carbocycles. The van der Waals surface area contributed by atoms with E-state index >= 15 is 0 Å². The third kappa shape index (κ3) is 2.41. The van der Waals surface area contributed by atoms with E-state index in [4.69, 9.17) is 4.74 Å². The van der Waals surface area contributed by atoms with Crippen molar-refractivity contribution in [2.75, 3.05) is 7.11 Å². The lowest BCUT2D eigenvalue weighted by molar-refractivity contribution is 0.408. The summed E-state index contributed by atoms with van der Waals surface area (Å²) in [7, 11) is 1.54. The van der Waals surface area contributed by atoms with Gasteiger partial charge < -0.3 is 9.84 Å². The number of H-pyrrole nitrogens is 1. The number of methoxy groups -OCH3 is 1. The first-order valence-corrected chi connectivity index (χ1v) is 6.78. The number of aryl methyl sites for hydroxylation is 1. The number of phenolic OH excluding ortho intramolecular Hbond substituents is 1. The van der Waals surface area contributed by atoms with Crippen LogP contribution in [0.25, 0.3) is 22.4 Å². The Balaban J connectivity index is 2.15. The van der Waals surface area contributed by atoms with Crippen LogP contribution in [-0.4, -0.2) is 22.4 Å². The maximum atomic E-state index is 13.1. The third-order valence-corrected chi connectivity index (χ3v) is 3.54. The molecule has 3 aromatic rings. The molecule has 112 valence electrons. The molecule has 3 rings (SSSR count). The Kier molecular flexibility index (Phi) is 3.55. The van der Waals surface area contributed by atoms with Crippen LogP contribution in [0.15, 0.2) is 42.5 Å². The Labute approximate surface area is 127 Å². The number of nitrogens with one attached hydrogen (secondary N) is 1. The number of aromatic amines is 1. The Morgan fingerprint density at radius 1 is 1.14 bits per heavy atom.